The molecule has 28 rings (SSSR count). The van der Waals surface area contributed by atoms with Gasteiger partial charge >= 0.3 is 0 Å². The zero-order valence-corrected chi connectivity index (χ0v) is 74.1. The van der Waals surface area contributed by atoms with Gasteiger partial charge in [-0.2, -0.15) is 15.8 Å². The summed E-state index contributed by atoms with van der Waals surface area (Å²) in [4.78, 5) is 20.1. The number of aromatic nitrogens is 10. The first-order valence-corrected chi connectivity index (χ1v) is 46.1. The minimum absolute atomic E-state index is 0.367. The van der Waals surface area contributed by atoms with Gasteiger partial charge in [0.1, 0.15) is 23.8 Å². The maximum Gasteiger partial charge on any atom is 0.236 e. The van der Waals surface area contributed by atoms with Crippen LogP contribution in [0.4, 0.5) is 0 Å². The molecule has 0 saturated carbocycles. The highest BCUT2D eigenvalue weighted by Crippen LogP contribution is 2.50. The maximum atomic E-state index is 10.7. The van der Waals surface area contributed by atoms with E-state index in [9.17, 15) is 15.8 Å². The van der Waals surface area contributed by atoms with E-state index in [0.717, 1.165) is 155 Å². The second-order valence-corrected chi connectivity index (χ2v) is 34.7. The summed E-state index contributed by atoms with van der Waals surface area (Å²) in [6, 6.07) is 165. The van der Waals surface area contributed by atoms with Crippen LogP contribution in [-0.2, 0) is 0 Å². The van der Waals surface area contributed by atoms with E-state index >= 15 is 0 Å². The summed E-state index contributed by atoms with van der Waals surface area (Å²) in [6.45, 7) is 0. The molecule has 9 aromatic heterocycles. The summed E-state index contributed by atoms with van der Waals surface area (Å²) in [5, 5.41) is 47.4. The second-order valence-electron chi connectivity index (χ2n) is 34.7. The monoisotopic (exact) mass is 1760 g/mol. The molecule has 0 radical (unpaired) electrons. The van der Waals surface area contributed by atoms with Crippen LogP contribution in [0.1, 0.15) is 16.8 Å². The van der Waals surface area contributed by atoms with Crippen molar-refractivity contribution in [2.24, 2.45) is 0 Å². The quantitative estimate of drug-likeness (QED) is 0.132. The zero-order chi connectivity index (χ0) is 91.6. The predicted octanol–water partition coefficient (Wildman–Crippen LogP) is 31.0. The Bertz CT molecular complexity index is 9660. The van der Waals surface area contributed by atoms with Crippen LogP contribution >= 0.6 is 0 Å². The van der Waals surface area contributed by atoms with E-state index in [1.165, 1.54) is 82.0 Å². The zero-order valence-electron chi connectivity index (χ0n) is 74.1. The van der Waals surface area contributed by atoms with Crippen LogP contribution in [0.25, 0.3) is 243 Å². The average molecular weight is 1760 g/mol. The number of pyridine rings is 2. The Balaban J connectivity index is 0.000000107. The first kappa shape index (κ1) is 79.6. The van der Waals surface area contributed by atoms with Crippen molar-refractivity contribution >= 4 is 164 Å². The Morgan fingerprint density at radius 1 is 0.196 bits per heavy atom. The lowest BCUT2D eigenvalue weighted by Crippen LogP contribution is -2.04. The Labute approximate surface area is 790 Å². The standard InChI is InChI=1S/C46H28N4.C40H24N4.C39H23N5/c47-29-37-32-19-7-10-24-38(32)48-46(43(37)30-15-3-1-4-16-30)50-40-26-12-9-21-36(40)45-34(23-14-28-42(45)50)33-22-13-27-41-44(33)35-20-8-11-25-39(35)49(41)31-17-5-2-6-18-31;41-25-26-24-38(42-33-19-7-4-14-28(26)33)44-35-21-9-6-16-32(35)40-30(18-11-23-37(40)44)29-17-10-22-36-39(29)31-15-5-8-20-34(31)43(36)27-12-2-1-3-13-27;40-24-32-28-14-4-7-19-31(28)41-39(42-32)44-34-21-9-6-16-30(34)38-27(18-11-23-36(38)44)26-17-10-22-35-37(26)29-15-5-8-20-33(29)43(35)25-12-2-1-3-13-25/h1-28H;1-24H;1-23H. The number of benzene rings is 19. The Morgan fingerprint density at radius 3 is 0.855 bits per heavy atom. The number of rotatable bonds is 10. The fraction of sp³-hybridized carbons (Fsp3) is 0. The summed E-state index contributed by atoms with van der Waals surface area (Å²) >= 11 is 0. The molecule has 0 spiro atoms. The average Bonchev–Trinajstić information content (AvgIpc) is 1.55. The molecular weight excluding hydrogens is 1680 g/mol. The van der Waals surface area contributed by atoms with E-state index in [1.807, 2.05) is 103 Å². The fourth-order valence-electron chi connectivity index (χ4n) is 21.7. The van der Waals surface area contributed by atoms with E-state index in [1.54, 1.807) is 0 Å². The first-order chi connectivity index (χ1) is 68.4. The summed E-state index contributed by atoms with van der Waals surface area (Å²) < 4.78 is 13.6. The molecule has 0 aliphatic heterocycles. The van der Waals surface area contributed by atoms with Crippen LogP contribution < -0.4 is 0 Å². The van der Waals surface area contributed by atoms with Gasteiger partial charge in [0.25, 0.3) is 0 Å². The Hall–Kier alpha value is -19.4. The lowest BCUT2D eigenvalue weighted by atomic mass is 9.95. The molecule has 0 bridgehead atoms. The van der Waals surface area contributed by atoms with Crippen molar-refractivity contribution in [1.82, 2.24) is 47.3 Å². The third-order valence-electron chi connectivity index (χ3n) is 27.3. The largest absolute Gasteiger partial charge is 0.309 e. The molecular formula is C125H75N13. The van der Waals surface area contributed by atoms with Gasteiger partial charge in [0.05, 0.1) is 99.9 Å². The molecule has 0 N–H and O–H groups in total. The molecule has 0 unspecified atom stereocenters. The van der Waals surface area contributed by atoms with E-state index in [0.29, 0.717) is 22.8 Å². The van der Waals surface area contributed by atoms with Gasteiger partial charge in [-0.25, -0.2) is 19.9 Å². The van der Waals surface area contributed by atoms with E-state index in [2.05, 4.69) is 397 Å². The fourth-order valence-corrected chi connectivity index (χ4v) is 21.7. The van der Waals surface area contributed by atoms with Crippen LogP contribution in [0.2, 0.25) is 0 Å². The molecule has 640 valence electrons. The molecule has 0 aliphatic carbocycles. The lowest BCUT2D eigenvalue weighted by Gasteiger charge is -2.16. The highest BCUT2D eigenvalue weighted by atomic mass is 15.2. The summed E-state index contributed by atoms with van der Waals surface area (Å²) in [5.41, 5.74) is 29.3. The van der Waals surface area contributed by atoms with Gasteiger partial charge in [-0.1, -0.05) is 315 Å². The van der Waals surface area contributed by atoms with Crippen LogP contribution in [-0.4, -0.2) is 47.3 Å². The third kappa shape index (κ3) is 12.5. The van der Waals surface area contributed by atoms with Crippen LogP contribution in [0.3, 0.4) is 0 Å². The third-order valence-corrected chi connectivity index (χ3v) is 27.3. The van der Waals surface area contributed by atoms with Crippen molar-refractivity contribution < 1.29 is 0 Å². The molecule has 13 heteroatoms. The van der Waals surface area contributed by atoms with E-state index < -0.39 is 0 Å². The molecule has 0 fully saturated rings. The number of para-hydroxylation sites is 12. The summed E-state index contributed by atoms with van der Waals surface area (Å²) in [6.07, 6.45) is 0. The van der Waals surface area contributed by atoms with Gasteiger partial charge in [0.15, 0.2) is 5.69 Å². The molecule has 9 heterocycles. The Kier molecular flexibility index (Phi) is 18.8. The first-order valence-electron chi connectivity index (χ1n) is 46.1. The van der Waals surface area contributed by atoms with Gasteiger partial charge in [0, 0.05) is 103 Å². The van der Waals surface area contributed by atoms with Gasteiger partial charge in [-0.3, -0.25) is 13.7 Å². The van der Waals surface area contributed by atoms with Crippen LogP contribution in [0, 0.1) is 34.0 Å². The van der Waals surface area contributed by atoms with Crippen molar-refractivity contribution in [2.75, 3.05) is 0 Å². The summed E-state index contributed by atoms with van der Waals surface area (Å²) in [5.74, 6) is 1.97. The number of nitriles is 3. The molecule has 0 amide bonds. The van der Waals surface area contributed by atoms with Crippen LogP contribution in [0.5, 0.6) is 0 Å². The highest BCUT2D eigenvalue weighted by Gasteiger charge is 2.29. The number of nitrogens with zero attached hydrogens (tertiary/aromatic N) is 13. The van der Waals surface area contributed by atoms with Gasteiger partial charge in [-0.05, 0) is 178 Å². The number of hydrogen-bond acceptors (Lipinski definition) is 7. The lowest BCUT2D eigenvalue weighted by molar-refractivity contribution is 1.00. The second kappa shape index (κ2) is 32.6. The van der Waals surface area contributed by atoms with Gasteiger partial charge in [0.2, 0.25) is 5.95 Å². The maximum absolute atomic E-state index is 10.7. The van der Waals surface area contributed by atoms with Crippen molar-refractivity contribution in [1.29, 1.82) is 15.8 Å². The van der Waals surface area contributed by atoms with Gasteiger partial charge in [-0.15, -0.1) is 0 Å². The van der Waals surface area contributed by atoms with Gasteiger partial charge < -0.3 is 13.7 Å². The smallest absolute Gasteiger partial charge is 0.236 e. The van der Waals surface area contributed by atoms with E-state index in [-0.39, 0.29) is 0 Å². The SMILES string of the molecule is N#Cc1c(-c2ccccc2)c(-n2c3ccccc3c3c(-c4cccc5c4c4ccccc4n5-c4ccccc4)cccc32)nc2ccccc12.N#Cc1cc(-n2c3ccccc3c3c(-c4cccc5c4c4ccccc4n5-c4ccccc4)cccc32)nc2ccccc12.N#Cc1nc(-n2c3ccccc3c3c(-c4cccc5c4c4ccccc4n5-c4ccccc4)cccc32)nc2ccccc12. The minimum Gasteiger partial charge on any atom is -0.309 e. The molecule has 28 aromatic rings. The molecule has 0 atom stereocenters. The van der Waals surface area contributed by atoms with Crippen molar-refractivity contribution in [3.8, 4) is 97.4 Å². The Morgan fingerprint density at radius 2 is 0.478 bits per heavy atom. The summed E-state index contributed by atoms with van der Waals surface area (Å²) in [7, 11) is 0. The predicted molar refractivity (Wildman–Crippen MR) is 565 cm³/mol. The number of hydrogen-bond donors (Lipinski definition) is 0. The van der Waals surface area contributed by atoms with Crippen LogP contribution in [0.15, 0.2) is 455 Å². The topological polar surface area (TPSA) is 153 Å². The minimum atomic E-state index is 0.367. The van der Waals surface area contributed by atoms with E-state index in [4.69, 9.17) is 19.9 Å². The van der Waals surface area contributed by atoms with Crippen molar-refractivity contribution in [2.45, 2.75) is 0 Å². The molecule has 138 heavy (non-hydrogen) atoms. The number of fused-ring (bicyclic) bond motifs is 21. The molecule has 19 aromatic carbocycles. The molecule has 0 aliphatic rings. The van der Waals surface area contributed by atoms with Crippen molar-refractivity contribution in [3.63, 3.8) is 0 Å². The molecule has 0 saturated heterocycles. The normalized spacial score (nSPS) is 11.6. The molecule has 13 nitrogen and oxygen atoms in total. The highest BCUT2D eigenvalue weighted by molar-refractivity contribution is 6.26. The van der Waals surface area contributed by atoms with Crippen molar-refractivity contribution in [3.05, 3.63) is 472 Å².